The smallest absolute Gasteiger partial charge is 0.463 e. The van der Waals surface area contributed by atoms with Crippen molar-refractivity contribution in [3.05, 3.63) is 72.9 Å². The number of unbranched alkanes of at least 4 members (excludes halogenated alkanes) is 18. The van der Waals surface area contributed by atoms with Crippen LogP contribution in [0.4, 0.5) is 0 Å². The van der Waals surface area contributed by atoms with Crippen LogP contribution < -0.4 is 5.32 Å². The van der Waals surface area contributed by atoms with E-state index in [9.17, 15) is 24.2 Å². The first kappa shape index (κ1) is 56.5. The zero-order valence-electron chi connectivity index (χ0n) is 37.4. The van der Waals surface area contributed by atoms with Gasteiger partial charge in [0.2, 0.25) is 5.91 Å². The molecule has 0 aliphatic heterocycles. The molecule has 0 fully saturated rings. The van der Waals surface area contributed by atoms with Crippen molar-refractivity contribution < 1.29 is 37.9 Å². The molecular formula is C49H86NO8P. The summed E-state index contributed by atoms with van der Waals surface area (Å²) in [5.41, 5.74) is 0. The molecular weight excluding hydrogens is 762 g/mol. The number of phosphoric ester groups is 1. The predicted molar refractivity (Wildman–Crippen MR) is 247 cm³/mol. The molecule has 0 heterocycles. The number of aliphatic hydroxyl groups is 1. The molecule has 0 saturated carbocycles. The Morgan fingerprint density at radius 3 is 1.41 bits per heavy atom. The van der Waals surface area contributed by atoms with Gasteiger partial charge in [0.25, 0.3) is 0 Å². The Kier molecular flexibility index (Phi) is 43.0. The molecule has 0 rings (SSSR count). The highest BCUT2D eigenvalue weighted by molar-refractivity contribution is 7.47. The summed E-state index contributed by atoms with van der Waals surface area (Å²) >= 11 is 0. The van der Waals surface area contributed by atoms with E-state index in [1.165, 1.54) is 109 Å². The summed E-state index contributed by atoms with van der Waals surface area (Å²) < 4.78 is 26.9. The molecule has 0 spiro atoms. The first-order valence-corrected chi connectivity index (χ1v) is 24.9. The normalized spacial score (nSPS) is 13.9. The summed E-state index contributed by atoms with van der Waals surface area (Å²) in [6, 6.07) is 0. The Bertz CT molecular complexity index is 1190. The lowest BCUT2D eigenvalue weighted by molar-refractivity contribution is -0.147. The highest BCUT2D eigenvalue weighted by atomic mass is 31.2. The quantitative estimate of drug-likeness (QED) is 0.0239. The highest BCUT2D eigenvalue weighted by Crippen LogP contribution is 2.42. The number of esters is 1. The number of aliphatic hydroxyl groups excluding tert-OH is 1. The number of allylic oxidation sites excluding steroid dienone is 12. The summed E-state index contributed by atoms with van der Waals surface area (Å²) in [7, 11) is -4.44. The number of phosphoric acid groups is 1. The Balaban J connectivity index is 3.65. The minimum absolute atomic E-state index is 0.0494. The molecule has 0 aromatic heterocycles. The molecule has 9 nitrogen and oxygen atoms in total. The van der Waals surface area contributed by atoms with Crippen LogP contribution in [-0.4, -0.2) is 54.3 Å². The third-order valence-electron chi connectivity index (χ3n) is 9.61. The number of amides is 1. The fourth-order valence-electron chi connectivity index (χ4n) is 6.05. The number of ether oxygens (including phenoxy) is 1. The maximum absolute atomic E-state index is 12.1. The summed E-state index contributed by atoms with van der Waals surface area (Å²) in [4.78, 5) is 34.0. The largest absolute Gasteiger partial charge is 0.472 e. The number of carbonyl (C=O) groups excluding carboxylic acids is 2. The number of hydrogen-bond acceptors (Lipinski definition) is 7. The van der Waals surface area contributed by atoms with Crippen LogP contribution in [0, 0.1) is 0 Å². The van der Waals surface area contributed by atoms with Crippen molar-refractivity contribution in [3.8, 4) is 0 Å². The summed E-state index contributed by atoms with van der Waals surface area (Å²) in [6.45, 7) is 3.43. The summed E-state index contributed by atoms with van der Waals surface area (Å²) in [5.74, 6) is -0.578. The lowest BCUT2D eigenvalue weighted by atomic mass is 10.0. The van der Waals surface area contributed by atoms with Gasteiger partial charge < -0.3 is 20.1 Å². The summed E-state index contributed by atoms with van der Waals surface area (Å²) in [5, 5.41) is 12.7. The molecule has 0 aromatic carbocycles. The van der Waals surface area contributed by atoms with Crippen LogP contribution in [0.5, 0.6) is 0 Å². The van der Waals surface area contributed by atoms with Crippen LogP contribution in [0.1, 0.15) is 194 Å². The number of hydrogen-bond donors (Lipinski definition) is 3. The lowest BCUT2D eigenvalue weighted by Gasteiger charge is -2.15. The molecule has 59 heavy (non-hydrogen) atoms. The number of nitrogens with one attached hydrogen (secondary N) is 1. The molecule has 0 saturated heterocycles. The highest BCUT2D eigenvalue weighted by Gasteiger charge is 2.23. The monoisotopic (exact) mass is 848 g/mol. The van der Waals surface area contributed by atoms with Crippen LogP contribution in [0.15, 0.2) is 72.9 Å². The fraction of sp³-hybridized carbons (Fsp3) is 0.714. The molecule has 2 unspecified atom stereocenters. The predicted octanol–water partition coefficient (Wildman–Crippen LogP) is 13.4. The van der Waals surface area contributed by atoms with Crippen LogP contribution in [0.25, 0.3) is 0 Å². The third kappa shape index (κ3) is 46.4. The van der Waals surface area contributed by atoms with Gasteiger partial charge in [-0.1, -0.05) is 170 Å². The fourth-order valence-corrected chi connectivity index (χ4v) is 6.81. The Labute approximate surface area is 360 Å². The second-order valence-electron chi connectivity index (χ2n) is 15.4. The van der Waals surface area contributed by atoms with E-state index in [1.807, 2.05) is 0 Å². The molecule has 10 heteroatoms. The van der Waals surface area contributed by atoms with Gasteiger partial charge in [0.15, 0.2) is 0 Å². The minimum Gasteiger partial charge on any atom is -0.463 e. The molecule has 1 amide bonds. The molecule has 0 aromatic rings. The zero-order chi connectivity index (χ0) is 43.2. The Hall–Kier alpha value is -2.55. The van der Waals surface area contributed by atoms with Gasteiger partial charge in [-0.05, 0) is 83.5 Å². The van der Waals surface area contributed by atoms with Crippen LogP contribution in [0.3, 0.4) is 0 Å². The number of carbonyl (C=O) groups is 2. The van der Waals surface area contributed by atoms with Crippen molar-refractivity contribution in [1.82, 2.24) is 5.32 Å². The zero-order valence-corrected chi connectivity index (χ0v) is 38.3. The third-order valence-corrected chi connectivity index (χ3v) is 10.6. The van der Waals surface area contributed by atoms with E-state index in [0.717, 1.165) is 51.4 Å². The van der Waals surface area contributed by atoms with Crippen molar-refractivity contribution in [3.63, 3.8) is 0 Å². The standard InChI is InChI=1S/C49H86NO8P/c1-3-5-7-9-11-13-15-17-19-21-22-23-24-26-28-30-32-34-36-38-40-42-49(53)56-45-47(51)46-58-59(54,55)57-44-43-50-48(52)41-39-37-35-33-31-29-27-25-20-18-16-14-12-10-8-6-4-2/h11-14,17-20,27,29,33,35,47,51H,3-10,15-16,21-26,28,30-32,34,36-46H2,1-2H3,(H,50,52)(H,54,55)/b13-11-,14-12-,19-17-,20-18-,29-27-,35-33-. The van der Waals surface area contributed by atoms with Crippen molar-refractivity contribution in [2.24, 2.45) is 0 Å². The van der Waals surface area contributed by atoms with E-state index in [-0.39, 0.29) is 32.1 Å². The average molecular weight is 848 g/mol. The molecule has 2 atom stereocenters. The van der Waals surface area contributed by atoms with Gasteiger partial charge in [0.1, 0.15) is 12.7 Å². The van der Waals surface area contributed by atoms with Gasteiger partial charge in [-0.15, -0.1) is 0 Å². The van der Waals surface area contributed by atoms with Crippen molar-refractivity contribution >= 4 is 19.7 Å². The van der Waals surface area contributed by atoms with Crippen molar-refractivity contribution in [2.45, 2.75) is 200 Å². The van der Waals surface area contributed by atoms with Crippen LogP contribution >= 0.6 is 7.82 Å². The van der Waals surface area contributed by atoms with E-state index in [1.54, 1.807) is 0 Å². The van der Waals surface area contributed by atoms with E-state index < -0.39 is 26.5 Å². The molecule has 0 bridgehead atoms. The molecule has 0 radical (unpaired) electrons. The second kappa shape index (κ2) is 45.0. The minimum atomic E-state index is -4.44. The van der Waals surface area contributed by atoms with Crippen LogP contribution in [-0.2, 0) is 27.9 Å². The van der Waals surface area contributed by atoms with Gasteiger partial charge >= 0.3 is 13.8 Å². The molecule has 0 aliphatic rings. The Morgan fingerprint density at radius 2 is 0.932 bits per heavy atom. The molecule has 3 N–H and O–H groups in total. The van der Waals surface area contributed by atoms with Gasteiger partial charge in [-0.3, -0.25) is 18.6 Å². The average Bonchev–Trinajstić information content (AvgIpc) is 3.22. The number of rotatable bonds is 43. The molecule has 0 aliphatic carbocycles. The van der Waals surface area contributed by atoms with Gasteiger partial charge in [0, 0.05) is 19.4 Å². The Morgan fingerprint density at radius 1 is 0.525 bits per heavy atom. The topological polar surface area (TPSA) is 131 Å². The first-order valence-electron chi connectivity index (χ1n) is 23.4. The maximum atomic E-state index is 12.1. The van der Waals surface area contributed by atoms with Gasteiger partial charge in [0.05, 0.1) is 13.2 Å². The van der Waals surface area contributed by atoms with E-state index in [4.69, 9.17) is 13.8 Å². The first-order chi connectivity index (χ1) is 28.8. The lowest BCUT2D eigenvalue weighted by Crippen LogP contribution is -2.27. The van der Waals surface area contributed by atoms with Crippen LogP contribution in [0.2, 0.25) is 0 Å². The van der Waals surface area contributed by atoms with Crippen molar-refractivity contribution in [2.75, 3.05) is 26.4 Å². The van der Waals surface area contributed by atoms with E-state index in [0.29, 0.717) is 12.8 Å². The van der Waals surface area contributed by atoms with Gasteiger partial charge in [-0.2, -0.15) is 0 Å². The molecule has 340 valence electrons. The van der Waals surface area contributed by atoms with Gasteiger partial charge in [-0.25, -0.2) is 4.57 Å². The van der Waals surface area contributed by atoms with E-state index >= 15 is 0 Å². The van der Waals surface area contributed by atoms with E-state index in [2.05, 4.69) is 92.1 Å². The SMILES string of the molecule is CCCCC/C=C\C/C=C\C/C=C\C/C=C\CCCC(=O)NCCOP(=O)(O)OCC(O)COC(=O)CCCCCCCCCCCCC/C=C\C/C=C\CCCCC. The van der Waals surface area contributed by atoms with Crippen molar-refractivity contribution in [1.29, 1.82) is 0 Å². The second-order valence-corrected chi connectivity index (χ2v) is 16.8. The maximum Gasteiger partial charge on any atom is 0.472 e. The summed E-state index contributed by atoms with van der Waals surface area (Å²) in [6.07, 6.45) is 55.5.